The van der Waals surface area contributed by atoms with Gasteiger partial charge in [-0.1, -0.05) is 44.2 Å². The Morgan fingerprint density at radius 1 is 0.903 bits per heavy atom. The van der Waals surface area contributed by atoms with E-state index in [-0.39, 0.29) is 38.1 Å². The lowest BCUT2D eigenvalue weighted by atomic mass is 9.59. The maximum absolute atomic E-state index is 14.8. The highest BCUT2D eigenvalue weighted by atomic mass is 32.2. The van der Waals surface area contributed by atoms with Gasteiger partial charge in [0.15, 0.2) is 11.5 Å². The lowest BCUT2D eigenvalue weighted by Gasteiger charge is -2.58. The van der Waals surface area contributed by atoms with Gasteiger partial charge in [-0.3, -0.25) is 9.80 Å². The number of nitrogens with zero attached hydrogens (tertiary/aromatic N) is 4. The van der Waals surface area contributed by atoms with Crippen molar-refractivity contribution >= 4 is 37.9 Å². The van der Waals surface area contributed by atoms with E-state index in [0.717, 1.165) is 108 Å². The number of nitrogens with one attached hydrogen (secondary N) is 2. The van der Waals surface area contributed by atoms with Crippen LogP contribution in [0, 0.1) is 17.2 Å². The zero-order valence-corrected chi connectivity index (χ0v) is 43.1. The van der Waals surface area contributed by atoms with Crippen molar-refractivity contribution in [3.8, 4) is 23.0 Å². The Morgan fingerprint density at radius 3 is 2.40 bits per heavy atom. The summed E-state index contributed by atoms with van der Waals surface area (Å²) < 4.78 is 61.5. The molecule has 4 heterocycles. The summed E-state index contributed by atoms with van der Waals surface area (Å²) in [5.74, 6) is 2.15. The molecule has 4 aliphatic rings. The molecule has 2 aliphatic heterocycles. The maximum atomic E-state index is 14.8. The molecule has 15 heteroatoms. The summed E-state index contributed by atoms with van der Waals surface area (Å²) in [5.41, 5.74) is 12.4. The number of anilines is 3. The Bertz CT molecular complexity index is 3010. The van der Waals surface area contributed by atoms with Gasteiger partial charge in [0.1, 0.15) is 27.9 Å². The molecular weight excluding hydrogens is 930 g/mol. The SMILES string of the molecule is COc1ccc(CN2CCN(C3CC4(CCN(c5ccc(S(=O)(=O)c6ccc(NC[C@H]7CC[C@](C)(O)CC7)c(N)c6)c(Oc6cnc7[nH]cc(F)c7c6)c5)CC4)C3)[C@H](c3ccccc3C(C)C)C2)cc1OC. The van der Waals surface area contributed by atoms with E-state index in [1.165, 1.54) is 41.2 Å². The van der Waals surface area contributed by atoms with Crippen LogP contribution in [0.3, 0.4) is 0 Å². The summed E-state index contributed by atoms with van der Waals surface area (Å²) >= 11 is 0. The van der Waals surface area contributed by atoms with Gasteiger partial charge in [-0.15, -0.1) is 0 Å². The molecule has 2 saturated heterocycles. The van der Waals surface area contributed by atoms with E-state index in [2.05, 4.69) is 80.2 Å². The van der Waals surface area contributed by atoms with E-state index in [4.69, 9.17) is 19.9 Å². The van der Waals surface area contributed by atoms with Gasteiger partial charge in [0, 0.05) is 75.8 Å². The Hall–Kier alpha value is -5.87. The number of piperidine rings is 1. The molecule has 4 aromatic carbocycles. The van der Waals surface area contributed by atoms with Crippen molar-refractivity contribution in [3.05, 3.63) is 120 Å². The van der Waals surface area contributed by atoms with Gasteiger partial charge >= 0.3 is 0 Å². The van der Waals surface area contributed by atoms with Gasteiger partial charge < -0.3 is 40.3 Å². The fraction of sp³-hybridized carbons (Fsp3) is 0.456. The van der Waals surface area contributed by atoms with Gasteiger partial charge in [0.25, 0.3) is 0 Å². The molecule has 0 amide bonds. The normalized spacial score (nSPS) is 22.0. The van der Waals surface area contributed by atoms with E-state index in [0.29, 0.717) is 41.4 Å². The van der Waals surface area contributed by atoms with Gasteiger partial charge in [0.05, 0.1) is 47.7 Å². The average Bonchev–Trinajstić information content (AvgIpc) is 3.74. The first-order valence-electron chi connectivity index (χ1n) is 25.7. The predicted molar refractivity (Wildman–Crippen MR) is 282 cm³/mol. The summed E-state index contributed by atoms with van der Waals surface area (Å²) in [6.45, 7) is 12.6. The minimum Gasteiger partial charge on any atom is -0.493 e. The number of aliphatic hydroxyl groups is 1. The number of hydrogen-bond donors (Lipinski definition) is 4. The fourth-order valence-corrected chi connectivity index (χ4v) is 13.4. The summed E-state index contributed by atoms with van der Waals surface area (Å²) in [6.07, 6.45) is 10.4. The number of nitrogens with two attached hydrogens (primary N) is 1. The number of piperazine rings is 1. The number of benzene rings is 4. The van der Waals surface area contributed by atoms with E-state index in [1.54, 1.807) is 38.5 Å². The number of pyridine rings is 1. The molecule has 13 nitrogen and oxygen atoms in total. The molecule has 2 aliphatic carbocycles. The second kappa shape index (κ2) is 20.2. The number of aromatic amines is 1. The van der Waals surface area contributed by atoms with Crippen LogP contribution in [0.2, 0.25) is 0 Å². The number of aromatic nitrogens is 2. The number of ether oxygens (including phenoxy) is 3. The van der Waals surface area contributed by atoms with E-state index in [1.807, 2.05) is 19.1 Å². The third-order valence-electron chi connectivity index (χ3n) is 16.3. The van der Waals surface area contributed by atoms with Crippen LogP contribution in [0.15, 0.2) is 107 Å². The Kier molecular flexibility index (Phi) is 13.9. The lowest BCUT2D eigenvalue weighted by Crippen LogP contribution is -2.60. The van der Waals surface area contributed by atoms with Crippen LogP contribution >= 0.6 is 0 Å². The van der Waals surface area contributed by atoms with Crippen molar-refractivity contribution in [2.24, 2.45) is 11.3 Å². The van der Waals surface area contributed by atoms with Crippen LogP contribution in [-0.2, 0) is 16.4 Å². The third-order valence-corrected chi connectivity index (χ3v) is 18.1. The number of halogens is 1. The van der Waals surface area contributed by atoms with Gasteiger partial charge in [0.2, 0.25) is 9.84 Å². The first-order chi connectivity index (χ1) is 34.6. The zero-order chi connectivity index (χ0) is 50.4. The van der Waals surface area contributed by atoms with Crippen LogP contribution in [0.4, 0.5) is 21.5 Å². The summed E-state index contributed by atoms with van der Waals surface area (Å²) in [4.78, 5) is 14.9. The molecular formula is C57H70FN7O6S. The Labute approximate surface area is 423 Å². The molecule has 4 fully saturated rings. The molecule has 0 radical (unpaired) electrons. The molecule has 382 valence electrons. The number of rotatable bonds is 15. The minimum absolute atomic E-state index is 0.0250. The molecule has 2 aromatic heterocycles. The van der Waals surface area contributed by atoms with Crippen LogP contribution in [-0.4, -0.2) is 98.4 Å². The first kappa shape index (κ1) is 49.7. The molecule has 10 rings (SSSR count). The summed E-state index contributed by atoms with van der Waals surface area (Å²) in [5, 5.41) is 14.1. The second-order valence-electron chi connectivity index (χ2n) is 21.5. The van der Waals surface area contributed by atoms with E-state index in [9.17, 15) is 17.9 Å². The minimum atomic E-state index is -4.15. The molecule has 1 spiro atoms. The molecule has 1 atom stereocenters. The Balaban J connectivity index is 0.848. The molecule has 0 bridgehead atoms. The maximum Gasteiger partial charge on any atom is 0.210 e. The summed E-state index contributed by atoms with van der Waals surface area (Å²) in [6, 6.07) is 27.6. The molecule has 0 unspecified atom stereocenters. The average molecular weight is 1000 g/mol. The standard InChI is InChI=1S/C57H70FN7O6S/c1-37(2)44-8-6-7-9-45(44)50-36-63(35-39-10-14-51(69-4)52(26-39)70-5)24-25-65(50)41-30-57(31-41)20-22-64(23-21-57)40-11-15-54(53(27-40)71-42-28-46-47(58)34-62-55(46)61-33-42)72(67,68)43-12-13-49(48(59)29-43)60-32-38-16-18-56(3,66)19-17-38/h6-15,26-29,33-34,37-38,41,50,60,66H,16-25,30-32,35-36,59H2,1-5H3,(H,61,62)/t38-,50-,56-/m0/s1. The topological polar surface area (TPSA) is 159 Å². The fourth-order valence-electron chi connectivity index (χ4n) is 12.0. The van der Waals surface area contributed by atoms with Crippen molar-refractivity contribution in [2.45, 2.75) is 112 Å². The lowest BCUT2D eigenvalue weighted by molar-refractivity contribution is -0.0628. The summed E-state index contributed by atoms with van der Waals surface area (Å²) in [7, 11) is -0.792. The first-order valence-corrected chi connectivity index (χ1v) is 27.2. The third kappa shape index (κ3) is 10.2. The molecule has 5 N–H and O–H groups in total. The monoisotopic (exact) mass is 1000 g/mol. The number of hydrogen-bond acceptors (Lipinski definition) is 12. The van der Waals surface area contributed by atoms with Crippen molar-refractivity contribution in [1.29, 1.82) is 0 Å². The van der Waals surface area contributed by atoms with Gasteiger partial charge in [-0.2, -0.15) is 0 Å². The Morgan fingerprint density at radius 2 is 1.67 bits per heavy atom. The number of sulfone groups is 1. The number of nitrogen functional groups attached to an aromatic ring is 1. The molecule has 72 heavy (non-hydrogen) atoms. The van der Waals surface area contributed by atoms with E-state index < -0.39 is 21.3 Å². The molecule has 6 aromatic rings. The number of H-pyrrole nitrogens is 1. The highest BCUT2D eigenvalue weighted by Crippen LogP contribution is 2.54. The highest BCUT2D eigenvalue weighted by molar-refractivity contribution is 7.91. The smallest absolute Gasteiger partial charge is 0.210 e. The molecule has 2 saturated carbocycles. The largest absolute Gasteiger partial charge is 0.493 e. The van der Waals surface area contributed by atoms with E-state index >= 15 is 0 Å². The van der Waals surface area contributed by atoms with Crippen LogP contribution < -0.4 is 30.2 Å². The van der Waals surface area contributed by atoms with Crippen molar-refractivity contribution in [2.75, 3.05) is 69.4 Å². The second-order valence-corrected chi connectivity index (χ2v) is 23.4. The van der Waals surface area contributed by atoms with Crippen molar-refractivity contribution < 1.29 is 32.1 Å². The van der Waals surface area contributed by atoms with Crippen LogP contribution in [0.5, 0.6) is 23.0 Å². The van der Waals surface area contributed by atoms with Crippen molar-refractivity contribution in [1.82, 2.24) is 19.8 Å². The van der Waals surface area contributed by atoms with Crippen LogP contribution in [0.25, 0.3) is 11.0 Å². The van der Waals surface area contributed by atoms with Crippen LogP contribution in [0.1, 0.15) is 101 Å². The van der Waals surface area contributed by atoms with Gasteiger partial charge in [-0.25, -0.2) is 17.8 Å². The quantitative estimate of drug-likeness (QED) is 0.0723. The predicted octanol–water partition coefficient (Wildman–Crippen LogP) is 10.7. The van der Waals surface area contributed by atoms with Crippen molar-refractivity contribution in [3.63, 3.8) is 0 Å². The number of methoxy groups -OCH3 is 2. The number of fused-ring (bicyclic) bond motifs is 1. The van der Waals surface area contributed by atoms with Gasteiger partial charge in [-0.05, 0) is 141 Å². The zero-order valence-electron chi connectivity index (χ0n) is 42.3. The highest BCUT2D eigenvalue weighted by Gasteiger charge is 2.50.